The summed E-state index contributed by atoms with van der Waals surface area (Å²) >= 11 is 6.19. The highest BCUT2D eigenvalue weighted by Gasteiger charge is 2.47. The first-order valence-electron chi connectivity index (χ1n) is 13.5. The molecule has 3 aromatic rings. The van der Waals surface area contributed by atoms with Crippen LogP contribution in [0.1, 0.15) is 42.9 Å². The van der Waals surface area contributed by atoms with Gasteiger partial charge in [0.05, 0.1) is 27.2 Å². The van der Waals surface area contributed by atoms with Crippen molar-refractivity contribution >= 4 is 11.6 Å². The molecule has 41 heavy (non-hydrogen) atoms. The third-order valence-electron chi connectivity index (χ3n) is 7.39. The Morgan fingerprint density at radius 1 is 1.05 bits per heavy atom. The summed E-state index contributed by atoms with van der Waals surface area (Å²) in [4.78, 5) is 13.1. The van der Waals surface area contributed by atoms with E-state index in [2.05, 4.69) is 36.1 Å². The van der Waals surface area contributed by atoms with E-state index in [9.17, 15) is 0 Å². The van der Waals surface area contributed by atoms with Crippen molar-refractivity contribution in [2.24, 2.45) is 5.90 Å². The van der Waals surface area contributed by atoms with Crippen LogP contribution in [0.5, 0.6) is 5.88 Å². The molecule has 1 aromatic heterocycles. The van der Waals surface area contributed by atoms with Gasteiger partial charge in [-0.05, 0) is 70.6 Å². The van der Waals surface area contributed by atoms with Gasteiger partial charge in [-0.3, -0.25) is 4.84 Å². The van der Waals surface area contributed by atoms with E-state index in [0.717, 1.165) is 33.4 Å². The number of hydrogen-bond acceptors (Lipinski definition) is 7. The Labute approximate surface area is 249 Å². The monoisotopic (exact) mass is 579 g/mol. The molecule has 0 amide bonds. The Kier molecular flexibility index (Phi) is 11.4. The van der Waals surface area contributed by atoms with Crippen LogP contribution < -0.4 is 10.6 Å². The molecule has 1 heterocycles. The van der Waals surface area contributed by atoms with Crippen molar-refractivity contribution in [3.05, 3.63) is 106 Å². The largest absolute Gasteiger partial charge is 0.498 e. The highest BCUT2D eigenvalue weighted by molar-refractivity contribution is 6.30. The molecule has 2 aromatic carbocycles. The summed E-state index contributed by atoms with van der Waals surface area (Å²) in [5.41, 5.74) is 4.44. The molecule has 0 aliphatic rings. The van der Waals surface area contributed by atoms with Gasteiger partial charge in [-0.25, -0.2) is 10.9 Å². The molecule has 3 rings (SSSR count). The number of allylic oxidation sites excluding steroid dienone is 3. The summed E-state index contributed by atoms with van der Waals surface area (Å²) in [6.45, 7) is 6.59. The van der Waals surface area contributed by atoms with Gasteiger partial charge in [0.15, 0.2) is 5.76 Å². The minimum absolute atomic E-state index is 0.455. The Hall–Kier alpha value is -3.36. The summed E-state index contributed by atoms with van der Waals surface area (Å²) in [7, 11) is 8.93. The Bertz CT molecular complexity index is 1370. The van der Waals surface area contributed by atoms with Gasteiger partial charge in [-0.15, -0.1) is 0 Å². The van der Waals surface area contributed by atoms with Crippen LogP contribution in [-0.2, 0) is 19.9 Å². The lowest BCUT2D eigenvalue weighted by Gasteiger charge is -2.42. The lowest BCUT2D eigenvalue weighted by molar-refractivity contribution is -0.0772. The molecule has 2 atom stereocenters. The molecule has 0 saturated carbocycles. The topological polar surface area (TPSA) is 79.1 Å². The molecule has 0 saturated heterocycles. The highest BCUT2D eigenvalue weighted by Crippen LogP contribution is 2.51. The smallest absolute Gasteiger partial charge is 0.217 e. The summed E-state index contributed by atoms with van der Waals surface area (Å²) in [5.74, 6) is 7.54. The number of hydrogen-bond donors (Lipinski definition) is 1. The van der Waals surface area contributed by atoms with E-state index in [-0.39, 0.29) is 0 Å². The normalized spacial score (nSPS) is 14.8. The molecule has 0 aliphatic carbocycles. The quantitative estimate of drug-likeness (QED) is 0.132. The van der Waals surface area contributed by atoms with E-state index in [1.807, 2.05) is 64.4 Å². The minimum Gasteiger partial charge on any atom is -0.498 e. The van der Waals surface area contributed by atoms with E-state index in [4.69, 9.17) is 41.5 Å². The first kappa shape index (κ1) is 32.2. The Morgan fingerprint density at radius 3 is 2.29 bits per heavy atom. The van der Waals surface area contributed by atoms with Gasteiger partial charge in [0.25, 0.3) is 0 Å². The van der Waals surface area contributed by atoms with Crippen molar-refractivity contribution < 1.29 is 19.0 Å². The fourth-order valence-corrected chi connectivity index (χ4v) is 5.38. The van der Waals surface area contributed by atoms with Crippen LogP contribution in [0, 0.1) is 6.92 Å². The van der Waals surface area contributed by atoms with Crippen molar-refractivity contribution in [1.82, 2.24) is 9.88 Å². The van der Waals surface area contributed by atoms with Crippen molar-refractivity contribution in [3.8, 4) is 17.0 Å². The lowest BCUT2D eigenvalue weighted by Crippen LogP contribution is -2.43. The Morgan fingerprint density at radius 2 is 1.76 bits per heavy atom. The maximum atomic E-state index is 6.40. The zero-order valence-corrected chi connectivity index (χ0v) is 26.1. The van der Waals surface area contributed by atoms with Gasteiger partial charge >= 0.3 is 0 Å². The molecule has 2 N–H and O–H groups in total. The number of methoxy groups -OCH3 is 3. The summed E-state index contributed by atoms with van der Waals surface area (Å²) < 4.78 is 17.6. The molecule has 0 aliphatic heterocycles. The molecule has 220 valence electrons. The average molecular weight is 580 g/mol. The predicted octanol–water partition coefficient (Wildman–Crippen LogP) is 7.01. The third kappa shape index (κ3) is 7.11. The van der Waals surface area contributed by atoms with Gasteiger partial charge in [-0.2, -0.15) is 0 Å². The lowest BCUT2D eigenvalue weighted by atomic mass is 9.70. The van der Waals surface area contributed by atoms with E-state index >= 15 is 0 Å². The molecular formula is C33H42ClN3O4. The first-order valence-corrected chi connectivity index (χ1v) is 13.9. The molecule has 7 nitrogen and oxygen atoms in total. The maximum absolute atomic E-state index is 6.40. The fraction of sp³-hybridized carbons (Fsp3) is 0.364. The number of aromatic nitrogens is 1. The SMILES string of the molecule is C/C=C(\C(OC)=C(/C)OC)C(c1cc(-c2ccc(Cl)cc2)cnc1OC)C(CCN(C)C)(ON)c1cccc(C)c1. The summed E-state index contributed by atoms with van der Waals surface area (Å²) in [6.07, 6.45) is 4.36. The zero-order valence-electron chi connectivity index (χ0n) is 25.3. The second-order valence-corrected chi connectivity index (χ2v) is 10.7. The van der Waals surface area contributed by atoms with E-state index in [0.29, 0.717) is 35.4 Å². The average Bonchev–Trinajstić information content (AvgIpc) is 2.98. The maximum Gasteiger partial charge on any atom is 0.217 e. The second kappa shape index (κ2) is 14.5. The predicted molar refractivity (Wildman–Crippen MR) is 166 cm³/mol. The fourth-order valence-electron chi connectivity index (χ4n) is 5.25. The van der Waals surface area contributed by atoms with Gasteiger partial charge in [0.2, 0.25) is 5.88 Å². The number of nitrogens with zero attached hydrogens (tertiary/aromatic N) is 2. The van der Waals surface area contributed by atoms with Crippen LogP contribution >= 0.6 is 11.6 Å². The number of nitrogens with two attached hydrogens (primary N) is 1. The van der Waals surface area contributed by atoms with E-state index < -0.39 is 11.5 Å². The number of aryl methyl sites for hydroxylation is 1. The first-order chi connectivity index (χ1) is 19.6. The van der Waals surface area contributed by atoms with Crippen LogP contribution in [0.4, 0.5) is 0 Å². The molecule has 2 unspecified atom stereocenters. The van der Waals surface area contributed by atoms with Gasteiger partial charge in [0, 0.05) is 34.5 Å². The van der Waals surface area contributed by atoms with Crippen LogP contribution in [0.25, 0.3) is 11.1 Å². The number of ether oxygens (including phenoxy) is 3. The molecule has 0 radical (unpaired) electrons. The van der Waals surface area contributed by atoms with E-state index in [1.165, 1.54) is 0 Å². The van der Waals surface area contributed by atoms with Gasteiger partial charge in [0.1, 0.15) is 11.4 Å². The van der Waals surface area contributed by atoms with Crippen LogP contribution in [-0.4, -0.2) is 51.9 Å². The summed E-state index contributed by atoms with van der Waals surface area (Å²) in [5, 5.41) is 0.660. The molecule has 0 fully saturated rings. The van der Waals surface area contributed by atoms with Crippen molar-refractivity contribution in [3.63, 3.8) is 0 Å². The van der Waals surface area contributed by atoms with Crippen LogP contribution in [0.15, 0.2) is 84.0 Å². The van der Waals surface area contributed by atoms with Crippen molar-refractivity contribution in [2.45, 2.75) is 38.7 Å². The second-order valence-electron chi connectivity index (χ2n) is 10.2. The zero-order chi connectivity index (χ0) is 30.2. The van der Waals surface area contributed by atoms with E-state index in [1.54, 1.807) is 27.5 Å². The van der Waals surface area contributed by atoms with Gasteiger partial charge in [-0.1, -0.05) is 59.6 Å². The van der Waals surface area contributed by atoms with Crippen molar-refractivity contribution in [2.75, 3.05) is 42.0 Å². The Balaban J connectivity index is 2.49. The standard InChI is InChI=1S/C33H42ClN3O4/c1-9-28(31(39-7)23(3)38-6)30(33(41-35,17-18-37(4)5)26-12-10-11-22(2)19-26)29-20-25(21-36-32(29)40-8)24-13-15-27(34)16-14-24/h9-16,19-21,30H,17-18,35H2,1-8H3/b28-9-,31-23-. The number of halogens is 1. The molecule has 0 spiro atoms. The number of benzene rings is 2. The molecule has 8 heteroatoms. The highest BCUT2D eigenvalue weighted by atomic mass is 35.5. The van der Waals surface area contributed by atoms with Crippen molar-refractivity contribution in [1.29, 1.82) is 0 Å². The van der Waals surface area contributed by atoms with Gasteiger partial charge < -0.3 is 19.1 Å². The third-order valence-corrected chi connectivity index (χ3v) is 7.64. The van der Waals surface area contributed by atoms with Crippen LogP contribution in [0.3, 0.4) is 0 Å². The number of pyridine rings is 1. The minimum atomic E-state index is -1.05. The molecular weight excluding hydrogens is 538 g/mol. The summed E-state index contributed by atoms with van der Waals surface area (Å²) in [6, 6.07) is 18.0. The van der Waals surface area contributed by atoms with Crippen LogP contribution in [0.2, 0.25) is 5.02 Å². The number of rotatable bonds is 13. The molecule has 0 bridgehead atoms.